The van der Waals surface area contributed by atoms with E-state index in [0.717, 1.165) is 43.1 Å². The first-order chi connectivity index (χ1) is 14.8. The number of halogens is 1. The van der Waals surface area contributed by atoms with E-state index in [1.54, 1.807) is 13.0 Å². The molecule has 1 heterocycles. The molecule has 2 aromatic carbocycles. The molecule has 0 bridgehead atoms. The zero-order valence-corrected chi connectivity index (χ0v) is 19.7. The largest absolute Gasteiger partial charge is 0.367 e. The lowest BCUT2D eigenvalue weighted by Crippen LogP contribution is -2.44. The van der Waals surface area contributed by atoms with Crippen molar-refractivity contribution in [2.75, 3.05) is 54.5 Å². The van der Waals surface area contributed by atoms with Crippen LogP contribution in [0.25, 0.3) is 0 Å². The Labute approximate surface area is 193 Å². The molecule has 1 aliphatic rings. The number of thioether (sulfide) groups is 1. The van der Waals surface area contributed by atoms with Gasteiger partial charge in [0, 0.05) is 36.9 Å². The number of piperazine rings is 1. The fourth-order valence-corrected chi connectivity index (χ4v) is 4.13. The molecule has 0 saturated carbocycles. The highest BCUT2D eigenvalue weighted by Crippen LogP contribution is 2.30. The molecule has 8 heteroatoms. The molecular formula is C23H29ClN4O2S. The summed E-state index contributed by atoms with van der Waals surface area (Å²) in [5, 5.41) is 6.05. The van der Waals surface area contributed by atoms with Crippen LogP contribution in [0.2, 0.25) is 5.02 Å². The Kier molecular flexibility index (Phi) is 8.23. The van der Waals surface area contributed by atoms with Crippen molar-refractivity contribution in [1.29, 1.82) is 0 Å². The smallest absolute Gasteiger partial charge is 0.237 e. The number of nitrogens with one attached hydrogen (secondary N) is 2. The monoisotopic (exact) mass is 460 g/mol. The molecule has 1 aliphatic heterocycles. The maximum Gasteiger partial charge on any atom is 0.237 e. The van der Waals surface area contributed by atoms with Gasteiger partial charge in [0.1, 0.15) is 0 Å². The van der Waals surface area contributed by atoms with Crippen molar-refractivity contribution in [3.05, 3.63) is 53.1 Å². The molecule has 0 aliphatic carbocycles. The second-order valence-corrected chi connectivity index (χ2v) is 9.57. The molecule has 166 valence electrons. The zero-order valence-electron chi connectivity index (χ0n) is 18.2. The second kappa shape index (κ2) is 10.9. The minimum absolute atomic E-state index is 0.130. The topological polar surface area (TPSA) is 64.7 Å². The van der Waals surface area contributed by atoms with Gasteiger partial charge in [0.25, 0.3) is 0 Å². The van der Waals surface area contributed by atoms with Gasteiger partial charge in [0.05, 0.1) is 22.4 Å². The van der Waals surface area contributed by atoms with Gasteiger partial charge in [-0.1, -0.05) is 29.3 Å². The number of rotatable bonds is 7. The molecular weight excluding hydrogens is 432 g/mol. The van der Waals surface area contributed by atoms with Gasteiger partial charge in [-0.25, -0.2) is 0 Å². The Hall–Kier alpha value is -2.22. The van der Waals surface area contributed by atoms with Crippen LogP contribution >= 0.6 is 23.4 Å². The molecule has 0 aromatic heterocycles. The first-order valence-corrected chi connectivity index (χ1v) is 11.8. The third-order valence-corrected chi connectivity index (χ3v) is 6.61. The van der Waals surface area contributed by atoms with E-state index in [1.165, 1.54) is 11.8 Å². The van der Waals surface area contributed by atoms with Crippen molar-refractivity contribution in [3.63, 3.8) is 0 Å². The summed E-state index contributed by atoms with van der Waals surface area (Å²) in [5.41, 5.74) is 3.57. The van der Waals surface area contributed by atoms with E-state index < -0.39 is 0 Å². The SMILES string of the molecule is Cc1ccc(NC(=O)CSC(C)C(=O)Nc2cc(Cl)ccc2N2CCN(C)CC2)cc1. The molecule has 1 fully saturated rings. The Morgan fingerprint density at radius 3 is 2.42 bits per heavy atom. The normalized spacial score (nSPS) is 15.4. The van der Waals surface area contributed by atoms with Crippen LogP contribution in [0, 0.1) is 6.92 Å². The highest BCUT2D eigenvalue weighted by Gasteiger charge is 2.21. The standard InChI is InChI=1S/C23H29ClN4O2S/c1-16-4-7-19(8-5-16)25-22(29)15-31-17(2)23(30)26-20-14-18(24)6-9-21(20)28-12-10-27(3)11-13-28/h4-9,14,17H,10-13,15H2,1-3H3,(H,25,29)(H,26,30). The molecule has 0 spiro atoms. The van der Waals surface area contributed by atoms with E-state index in [9.17, 15) is 9.59 Å². The number of anilines is 3. The third-order valence-electron chi connectivity index (χ3n) is 5.23. The Morgan fingerprint density at radius 2 is 1.74 bits per heavy atom. The van der Waals surface area contributed by atoms with Crippen molar-refractivity contribution in [2.45, 2.75) is 19.1 Å². The maximum absolute atomic E-state index is 12.8. The average molecular weight is 461 g/mol. The van der Waals surface area contributed by atoms with Crippen molar-refractivity contribution >= 4 is 52.2 Å². The van der Waals surface area contributed by atoms with E-state index in [-0.39, 0.29) is 22.8 Å². The van der Waals surface area contributed by atoms with Gasteiger partial charge in [0.15, 0.2) is 0 Å². The van der Waals surface area contributed by atoms with Crippen LogP contribution in [0.1, 0.15) is 12.5 Å². The zero-order chi connectivity index (χ0) is 22.4. The van der Waals surface area contributed by atoms with Crippen LogP contribution in [0.3, 0.4) is 0 Å². The van der Waals surface area contributed by atoms with E-state index in [0.29, 0.717) is 10.7 Å². The maximum atomic E-state index is 12.8. The number of carbonyl (C=O) groups excluding carboxylic acids is 2. The summed E-state index contributed by atoms with van der Waals surface area (Å²) in [6, 6.07) is 13.2. The lowest BCUT2D eigenvalue weighted by Gasteiger charge is -2.35. The van der Waals surface area contributed by atoms with Crippen LogP contribution in [0.4, 0.5) is 17.1 Å². The predicted molar refractivity (Wildman–Crippen MR) is 132 cm³/mol. The van der Waals surface area contributed by atoms with Crippen LogP contribution in [0.15, 0.2) is 42.5 Å². The quantitative estimate of drug-likeness (QED) is 0.651. The average Bonchev–Trinajstić information content (AvgIpc) is 2.74. The number of nitrogens with zero attached hydrogens (tertiary/aromatic N) is 2. The lowest BCUT2D eigenvalue weighted by atomic mass is 10.2. The molecule has 1 atom stereocenters. The van der Waals surface area contributed by atoms with E-state index in [2.05, 4.69) is 27.5 Å². The van der Waals surface area contributed by atoms with Gasteiger partial charge in [-0.15, -0.1) is 11.8 Å². The number of aryl methyl sites for hydroxylation is 1. The molecule has 0 radical (unpaired) electrons. The molecule has 2 N–H and O–H groups in total. The fourth-order valence-electron chi connectivity index (χ4n) is 3.28. The summed E-state index contributed by atoms with van der Waals surface area (Å²) in [7, 11) is 2.11. The van der Waals surface area contributed by atoms with Crippen molar-refractivity contribution in [3.8, 4) is 0 Å². The van der Waals surface area contributed by atoms with Gasteiger partial charge in [-0.05, 0) is 51.2 Å². The van der Waals surface area contributed by atoms with E-state index >= 15 is 0 Å². The van der Waals surface area contributed by atoms with Crippen molar-refractivity contribution in [2.24, 2.45) is 0 Å². The number of benzene rings is 2. The first-order valence-electron chi connectivity index (χ1n) is 10.3. The number of likely N-dealkylation sites (N-methyl/N-ethyl adjacent to an activating group) is 1. The number of hydrogen-bond donors (Lipinski definition) is 2. The summed E-state index contributed by atoms with van der Waals surface area (Å²) < 4.78 is 0. The lowest BCUT2D eigenvalue weighted by molar-refractivity contribution is -0.115. The highest BCUT2D eigenvalue weighted by molar-refractivity contribution is 8.01. The molecule has 3 rings (SSSR count). The van der Waals surface area contributed by atoms with Gasteiger partial charge in [0.2, 0.25) is 11.8 Å². The Bertz CT molecular complexity index is 914. The van der Waals surface area contributed by atoms with Crippen LogP contribution < -0.4 is 15.5 Å². The number of carbonyl (C=O) groups is 2. The summed E-state index contributed by atoms with van der Waals surface area (Å²) in [4.78, 5) is 29.6. The molecule has 1 unspecified atom stereocenters. The highest BCUT2D eigenvalue weighted by atomic mass is 35.5. The van der Waals surface area contributed by atoms with Crippen molar-refractivity contribution in [1.82, 2.24) is 4.90 Å². The Morgan fingerprint density at radius 1 is 1.06 bits per heavy atom. The van der Waals surface area contributed by atoms with Crippen LogP contribution in [0.5, 0.6) is 0 Å². The Balaban J connectivity index is 1.56. The fraction of sp³-hybridized carbons (Fsp3) is 0.391. The summed E-state index contributed by atoms with van der Waals surface area (Å²) in [5.74, 6) is -0.0799. The molecule has 2 aromatic rings. The number of hydrogen-bond acceptors (Lipinski definition) is 5. The van der Waals surface area contributed by atoms with Crippen LogP contribution in [-0.4, -0.2) is 60.9 Å². The first kappa shape index (κ1) is 23.4. The van der Waals surface area contributed by atoms with Gasteiger partial charge >= 0.3 is 0 Å². The molecule has 6 nitrogen and oxygen atoms in total. The minimum Gasteiger partial charge on any atom is -0.367 e. The van der Waals surface area contributed by atoms with Crippen molar-refractivity contribution < 1.29 is 9.59 Å². The third kappa shape index (κ3) is 6.89. The number of amides is 2. The van der Waals surface area contributed by atoms with E-state index in [4.69, 9.17) is 11.6 Å². The van der Waals surface area contributed by atoms with Crippen LogP contribution in [-0.2, 0) is 9.59 Å². The minimum atomic E-state index is -0.386. The van der Waals surface area contributed by atoms with E-state index in [1.807, 2.05) is 43.3 Å². The summed E-state index contributed by atoms with van der Waals surface area (Å²) in [6.45, 7) is 7.53. The van der Waals surface area contributed by atoms with Gasteiger partial charge in [-0.2, -0.15) is 0 Å². The predicted octanol–water partition coefficient (Wildman–Crippen LogP) is 4.10. The van der Waals surface area contributed by atoms with Gasteiger partial charge < -0.3 is 20.4 Å². The molecule has 2 amide bonds. The summed E-state index contributed by atoms with van der Waals surface area (Å²) in [6.07, 6.45) is 0. The molecule has 1 saturated heterocycles. The second-order valence-electron chi connectivity index (χ2n) is 7.81. The van der Waals surface area contributed by atoms with Gasteiger partial charge in [-0.3, -0.25) is 9.59 Å². The molecule has 31 heavy (non-hydrogen) atoms. The summed E-state index contributed by atoms with van der Waals surface area (Å²) >= 11 is 7.50.